The van der Waals surface area contributed by atoms with Crippen LogP contribution in [-0.2, 0) is 6.42 Å². The number of aromatic nitrogens is 8. The summed E-state index contributed by atoms with van der Waals surface area (Å²) in [6.07, 6.45) is 0.465. The third-order valence-corrected chi connectivity index (χ3v) is 28.2. The number of hydrogen-bond donors (Lipinski definition) is 0. The van der Waals surface area contributed by atoms with E-state index in [4.69, 9.17) is 0 Å². The molecule has 12 nitrogen and oxygen atoms in total. The molecule has 18 aromatic carbocycles. The molecule has 132 heavy (non-hydrogen) atoms. The van der Waals surface area contributed by atoms with Crippen LogP contribution in [0.4, 0.5) is 0 Å². The first-order valence-electron chi connectivity index (χ1n) is 44.9. The van der Waals surface area contributed by atoms with Crippen molar-refractivity contribution in [1.29, 1.82) is 21.0 Å². The highest BCUT2D eigenvalue weighted by Crippen LogP contribution is 2.54. The molecule has 8 heterocycles. The predicted molar refractivity (Wildman–Crippen MR) is 542 cm³/mol. The first-order chi connectivity index (χ1) is 64.7. The lowest BCUT2D eigenvalue weighted by Crippen LogP contribution is -2.17. The van der Waals surface area contributed by atoms with Gasteiger partial charge in [-0.3, -0.25) is 0 Å². The van der Waals surface area contributed by atoms with Gasteiger partial charge in [-0.1, -0.05) is 227 Å². The molecular formula is C120H78N12. The monoisotopic (exact) mass is 1690 g/mol. The highest BCUT2D eigenvalue weighted by molar-refractivity contribution is 6.21. The van der Waals surface area contributed by atoms with Crippen LogP contribution in [0.3, 0.4) is 0 Å². The molecule has 26 rings (SSSR count). The van der Waals surface area contributed by atoms with E-state index in [-0.39, 0.29) is 11.1 Å². The summed E-state index contributed by atoms with van der Waals surface area (Å²) < 4.78 is 18.6. The number of rotatable bonds is 10. The molecule has 12 heteroatoms. The molecule has 0 saturated carbocycles. The molecule has 8 aromatic heterocycles. The summed E-state index contributed by atoms with van der Waals surface area (Å²) in [6.45, 7) is 15.0. The Morgan fingerprint density at radius 3 is 0.667 bits per heavy atom. The Bertz CT molecular complexity index is 9590. The van der Waals surface area contributed by atoms with Crippen molar-refractivity contribution in [3.8, 4) is 69.8 Å². The summed E-state index contributed by atoms with van der Waals surface area (Å²) in [5, 5.41) is 68.3. The van der Waals surface area contributed by atoms with Crippen molar-refractivity contribution in [1.82, 2.24) is 36.5 Å². The molecule has 0 aliphatic heterocycles. The molecule has 26 aromatic rings. The molecule has 0 spiro atoms. The van der Waals surface area contributed by atoms with Crippen molar-refractivity contribution in [2.75, 3.05) is 0 Å². The third-order valence-electron chi connectivity index (χ3n) is 28.2. The van der Waals surface area contributed by atoms with Crippen LogP contribution in [0, 0.1) is 93.8 Å². The number of fused-ring (bicyclic) bond motifs is 24. The Hall–Kier alpha value is -17.7. The zero-order valence-electron chi connectivity index (χ0n) is 73.3. The van der Waals surface area contributed by atoms with E-state index in [1.807, 2.05) is 0 Å². The summed E-state index contributed by atoms with van der Waals surface area (Å²) in [4.78, 5) is 0. The Kier molecular flexibility index (Phi) is 16.1. The summed E-state index contributed by atoms with van der Waals surface area (Å²) in [5.41, 5.74) is 30.2. The quantitative estimate of drug-likeness (QED) is 0.135. The van der Waals surface area contributed by atoms with E-state index in [0.717, 1.165) is 230 Å². The van der Waals surface area contributed by atoms with E-state index in [1.165, 1.54) is 0 Å². The van der Waals surface area contributed by atoms with Crippen LogP contribution in [0.15, 0.2) is 334 Å². The molecule has 0 saturated heterocycles. The Labute approximate surface area is 757 Å². The molecule has 0 fully saturated rings. The van der Waals surface area contributed by atoms with Crippen molar-refractivity contribution >= 4 is 174 Å². The molecule has 0 amide bonds. The maximum absolute atomic E-state index is 13.2. The van der Waals surface area contributed by atoms with E-state index in [2.05, 4.69) is 443 Å². The minimum Gasteiger partial charge on any atom is -0.306 e. The van der Waals surface area contributed by atoms with Gasteiger partial charge >= 0.3 is 0 Å². The molecule has 0 bridgehead atoms. The molecule has 0 atom stereocenters. The number of nitrogens with zero attached hydrogens (tertiary/aromatic N) is 12. The Morgan fingerprint density at radius 2 is 0.379 bits per heavy atom. The molecule has 0 aliphatic rings. The van der Waals surface area contributed by atoms with Crippen LogP contribution in [0.1, 0.15) is 72.3 Å². The second kappa shape index (κ2) is 28.2. The topological polar surface area (TPSA) is 135 Å². The standard InChI is InChI=1S/C120H78N12/c1-68-39-47-103-84(55-68)85-56-69(2)40-48-104(85)125(103)113-94(66-123)116(127-105-49-41-70(3)57-86(105)87-58-71(4)42-50-106(87)127)118(131-108-52-44-72(5)59-88(108)89-60-73(6)45-53-109(89)131)117(95(113)67-124)128-107-51-43-74(7)61-90(107)91-63-75(46-54-110(91)128)62-76-23-22-38-111-112(76)83-30-14-21-37-102(83)132(111)115-93(65-122)92(64-121)114(126-96-31-15-8-24-77(96)78-25-9-16-32-97(78)126)119(129-98-33-17-10-26-79(98)80-27-11-18-34-99(80)129)120(115)130-100-35-19-12-28-81(100)82-29-13-20-36-101(82)130/h8-61,63H,62H2,1-7H3. The molecule has 0 radical (unpaired) electrons. The highest BCUT2D eigenvalue weighted by atomic mass is 15.2. The van der Waals surface area contributed by atoms with E-state index >= 15 is 0 Å². The maximum atomic E-state index is 13.2. The molecule has 0 N–H and O–H groups in total. The van der Waals surface area contributed by atoms with Gasteiger partial charge in [0.25, 0.3) is 0 Å². The SMILES string of the molecule is Cc1ccc2c(c1)c1cc(C)ccc1n2-c1c(C#N)c(-n2c3ccc(C)cc3c3cc(C)ccc32)c(-n2c3ccc(C)cc3c3cc(C)ccc32)c(-n2c3ccc(C)cc3c3cc(Cc4cccc5c4c4ccccc4n5-c4c(C#N)c(C#N)c(-n5c6ccccc6c6ccccc65)c(-n5c6ccccc6c6ccccc65)c4-n4c5ccccc5c5ccccc54)ccc32)c1C#N. The smallest absolute Gasteiger partial charge is 0.104 e. The van der Waals surface area contributed by atoms with Crippen molar-refractivity contribution < 1.29 is 0 Å². The lowest BCUT2D eigenvalue weighted by atomic mass is 9.97. The summed E-state index contributed by atoms with van der Waals surface area (Å²) >= 11 is 0. The van der Waals surface area contributed by atoms with Gasteiger partial charge in [-0.15, -0.1) is 0 Å². The van der Waals surface area contributed by atoms with E-state index < -0.39 is 0 Å². The van der Waals surface area contributed by atoms with Crippen LogP contribution < -0.4 is 0 Å². The summed E-state index contributed by atoms with van der Waals surface area (Å²) in [6, 6.07) is 131. The van der Waals surface area contributed by atoms with Gasteiger partial charge in [-0.25, -0.2) is 0 Å². The van der Waals surface area contributed by atoms with Gasteiger partial charge < -0.3 is 36.5 Å². The Morgan fingerprint density at radius 1 is 0.174 bits per heavy atom. The fraction of sp³-hybridized carbons (Fsp3) is 0.0667. The van der Waals surface area contributed by atoms with Crippen LogP contribution in [0.25, 0.3) is 220 Å². The summed E-state index contributed by atoms with van der Waals surface area (Å²) in [5.74, 6) is 0. The maximum Gasteiger partial charge on any atom is 0.104 e. The lowest BCUT2D eigenvalue weighted by molar-refractivity contribution is 1.01. The molecular weight excluding hydrogens is 1610 g/mol. The van der Waals surface area contributed by atoms with Gasteiger partial charge in [0, 0.05) is 86.2 Å². The number of nitriles is 4. The van der Waals surface area contributed by atoms with Gasteiger partial charge in [0.1, 0.15) is 35.4 Å². The molecule has 0 unspecified atom stereocenters. The van der Waals surface area contributed by atoms with E-state index in [0.29, 0.717) is 57.4 Å². The minimum atomic E-state index is 0.217. The van der Waals surface area contributed by atoms with Crippen molar-refractivity contribution in [3.63, 3.8) is 0 Å². The molecule has 0 aliphatic carbocycles. The largest absolute Gasteiger partial charge is 0.306 e. The Balaban J connectivity index is 0.781. The van der Waals surface area contributed by atoms with Crippen LogP contribution >= 0.6 is 0 Å². The van der Waals surface area contributed by atoms with Gasteiger partial charge in [-0.2, -0.15) is 21.0 Å². The van der Waals surface area contributed by atoms with E-state index in [1.54, 1.807) is 0 Å². The number of para-hydroxylation sites is 7. The van der Waals surface area contributed by atoms with Crippen LogP contribution in [-0.4, -0.2) is 36.5 Å². The number of benzene rings is 18. The summed E-state index contributed by atoms with van der Waals surface area (Å²) in [7, 11) is 0. The fourth-order valence-corrected chi connectivity index (χ4v) is 22.8. The first-order valence-corrected chi connectivity index (χ1v) is 44.9. The average molecular weight is 1690 g/mol. The van der Waals surface area contributed by atoms with Crippen molar-refractivity contribution in [2.24, 2.45) is 0 Å². The second-order valence-corrected chi connectivity index (χ2v) is 36.0. The van der Waals surface area contributed by atoms with Gasteiger partial charge in [-0.05, 0) is 212 Å². The second-order valence-electron chi connectivity index (χ2n) is 36.0. The predicted octanol–water partition coefficient (Wildman–Crippen LogP) is 29.7. The van der Waals surface area contributed by atoms with Crippen molar-refractivity contribution in [2.45, 2.75) is 54.9 Å². The first kappa shape index (κ1) is 75.6. The molecule has 618 valence electrons. The van der Waals surface area contributed by atoms with Gasteiger partial charge in [0.15, 0.2) is 0 Å². The van der Waals surface area contributed by atoms with E-state index in [9.17, 15) is 21.0 Å². The highest BCUT2D eigenvalue weighted by Gasteiger charge is 2.39. The number of aryl methyl sites for hydroxylation is 7. The minimum absolute atomic E-state index is 0.217. The van der Waals surface area contributed by atoms with Crippen molar-refractivity contribution in [3.05, 3.63) is 406 Å². The van der Waals surface area contributed by atoms with Gasteiger partial charge in [0.2, 0.25) is 0 Å². The zero-order valence-corrected chi connectivity index (χ0v) is 73.3. The lowest BCUT2D eigenvalue weighted by Gasteiger charge is -2.27. The fourth-order valence-electron chi connectivity index (χ4n) is 22.8. The average Bonchev–Trinajstić information content (AvgIpc) is 1.49. The normalized spacial score (nSPS) is 12.1. The number of hydrogen-bond acceptors (Lipinski definition) is 4. The van der Waals surface area contributed by atoms with Crippen LogP contribution in [0.5, 0.6) is 0 Å². The van der Waals surface area contributed by atoms with Crippen LogP contribution in [0.2, 0.25) is 0 Å². The third kappa shape index (κ3) is 10.4. The van der Waals surface area contributed by atoms with Gasteiger partial charge in [0.05, 0.1) is 145 Å². The zero-order chi connectivity index (χ0) is 88.6.